The number of nitrogens with zero attached hydrogens (tertiary/aromatic N) is 1. The number of hydrogen-bond donors (Lipinski definition) is 2. The molecule has 0 bridgehead atoms. The summed E-state index contributed by atoms with van der Waals surface area (Å²) in [5, 5.41) is 6.00. The second kappa shape index (κ2) is 8.82. The lowest BCUT2D eigenvalue weighted by molar-refractivity contribution is 0.0600. The van der Waals surface area contributed by atoms with Crippen molar-refractivity contribution >= 4 is 23.3 Å². The number of anilines is 2. The number of aromatic nitrogens is 1. The van der Waals surface area contributed by atoms with Gasteiger partial charge in [0.25, 0.3) is 5.91 Å². The van der Waals surface area contributed by atoms with Crippen LogP contribution in [0.5, 0.6) is 0 Å². The van der Waals surface area contributed by atoms with E-state index in [1.54, 1.807) is 36.5 Å². The second-order valence-electron chi connectivity index (χ2n) is 6.07. The van der Waals surface area contributed by atoms with Crippen molar-refractivity contribution in [2.75, 3.05) is 19.0 Å². The van der Waals surface area contributed by atoms with Gasteiger partial charge in [0.1, 0.15) is 5.69 Å². The van der Waals surface area contributed by atoms with E-state index in [4.69, 9.17) is 4.74 Å². The van der Waals surface area contributed by atoms with E-state index in [-0.39, 0.29) is 5.91 Å². The monoisotopic (exact) mass is 341 g/mol. The Balaban J connectivity index is 1.98. The van der Waals surface area contributed by atoms with Crippen LogP contribution in [0, 0.1) is 5.92 Å². The van der Waals surface area contributed by atoms with Gasteiger partial charge in [0.2, 0.25) is 0 Å². The Hall–Kier alpha value is -2.89. The van der Waals surface area contributed by atoms with E-state index in [0.29, 0.717) is 23.7 Å². The summed E-state index contributed by atoms with van der Waals surface area (Å²) >= 11 is 0. The number of carbonyl (C=O) groups excluding carboxylic acids is 2. The molecular weight excluding hydrogens is 318 g/mol. The topological polar surface area (TPSA) is 80.3 Å². The molecule has 6 heteroatoms. The van der Waals surface area contributed by atoms with Gasteiger partial charge in [0, 0.05) is 12.2 Å². The Morgan fingerprint density at radius 1 is 1.16 bits per heavy atom. The first-order valence-electron chi connectivity index (χ1n) is 8.19. The minimum atomic E-state index is -0.393. The Bertz CT molecular complexity index is 727. The van der Waals surface area contributed by atoms with Crippen LogP contribution in [0.4, 0.5) is 11.4 Å². The van der Waals surface area contributed by atoms with Crippen molar-refractivity contribution in [1.82, 2.24) is 10.3 Å². The molecule has 2 N–H and O–H groups in total. The molecule has 132 valence electrons. The van der Waals surface area contributed by atoms with Gasteiger partial charge in [-0.3, -0.25) is 4.79 Å². The molecule has 1 amide bonds. The van der Waals surface area contributed by atoms with Gasteiger partial charge in [-0.05, 0) is 42.7 Å². The van der Waals surface area contributed by atoms with Gasteiger partial charge in [-0.1, -0.05) is 19.9 Å². The van der Waals surface area contributed by atoms with Crippen LogP contribution in [-0.4, -0.2) is 30.5 Å². The third-order valence-corrected chi connectivity index (χ3v) is 3.58. The molecule has 0 unspecified atom stereocenters. The van der Waals surface area contributed by atoms with Gasteiger partial charge < -0.3 is 15.4 Å². The first-order valence-corrected chi connectivity index (χ1v) is 8.19. The normalized spacial score (nSPS) is 10.4. The number of carbonyl (C=O) groups is 2. The van der Waals surface area contributed by atoms with Crippen LogP contribution < -0.4 is 10.6 Å². The Kier molecular flexibility index (Phi) is 6.51. The number of methoxy groups -OCH3 is 1. The predicted octanol–water partition coefficient (Wildman–Crippen LogP) is 3.39. The Morgan fingerprint density at radius 2 is 1.96 bits per heavy atom. The third-order valence-electron chi connectivity index (χ3n) is 3.58. The molecule has 1 heterocycles. The Labute approximate surface area is 147 Å². The predicted molar refractivity (Wildman–Crippen MR) is 97.1 cm³/mol. The summed E-state index contributed by atoms with van der Waals surface area (Å²) in [5.74, 6) is -0.0318. The first kappa shape index (κ1) is 18.4. The molecule has 0 fully saturated rings. The zero-order valence-corrected chi connectivity index (χ0v) is 14.7. The van der Waals surface area contributed by atoms with Gasteiger partial charge in [-0.15, -0.1) is 0 Å². The third kappa shape index (κ3) is 5.60. The average Bonchev–Trinajstić information content (AvgIpc) is 2.61. The molecule has 2 rings (SSSR count). The quantitative estimate of drug-likeness (QED) is 0.755. The van der Waals surface area contributed by atoms with Crippen molar-refractivity contribution < 1.29 is 14.3 Å². The van der Waals surface area contributed by atoms with Gasteiger partial charge in [-0.25, -0.2) is 9.78 Å². The van der Waals surface area contributed by atoms with Crippen LogP contribution in [-0.2, 0) is 4.74 Å². The van der Waals surface area contributed by atoms with Crippen LogP contribution in [0.1, 0.15) is 41.1 Å². The molecule has 0 saturated heterocycles. The van der Waals surface area contributed by atoms with Gasteiger partial charge >= 0.3 is 5.97 Å². The van der Waals surface area contributed by atoms with E-state index < -0.39 is 5.97 Å². The molecule has 0 spiro atoms. The molecule has 6 nitrogen and oxygen atoms in total. The highest BCUT2D eigenvalue weighted by Crippen LogP contribution is 2.17. The molecule has 0 aliphatic carbocycles. The summed E-state index contributed by atoms with van der Waals surface area (Å²) in [6, 6.07) is 10.4. The van der Waals surface area contributed by atoms with Crippen molar-refractivity contribution in [2.45, 2.75) is 20.3 Å². The van der Waals surface area contributed by atoms with E-state index in [1.807, 2.05) is 6.07 Å². The standard InChI is InChI=1S/C19H23N3O3/c1-13(2)9-10-20-18(23)17-8-7-16(12-21-17)22-15-6-4-5-14(11-15)19(24)25-3/h4-8,11-13,22H,9-10H2,1-3H3,(H,20,23). The fourth-order valence-electron chi connectivity index (χ4n) is 2.18. The number of amides is 1. The minimum Gasteiger partial charge on any atom is -0.465 e. The molecule has 0 aliphatic rings. The lowest BCUT2D eigenvalue weighted by atomic mass is 10.1. The van der Waals surface area contributed by atoms with E-state index in [9.17, 15) is 9.59 Å². The highest BCUT2D eigenvalue weighted by molar-refractivity contribution is 5.92. The molecule has 2 aromatic rings. The summed E-state index contributed by atoms with van der Waals surface area (Å²) in [6.07, 6.45) is 2.52. The largest absolute Gasteiger partial charge is 0.465 e. The van der Waals surface area contributed by atoms with Crippen molar-refractivity contribution in [1.29, 1.82) is 0 Å². The average molecular weight is 341 g/mol. The zero-order valence-electron chi connectivity index (χ0n) is 14.7. The van der Waals surface area contributed by atoms with Gasteiger partial charge in [-0.2, -0.15) is 0 Å². The van der Waals surface area contributed by atoms with Gasteiger partial charge in [0.15, 0.2) is 0 Å². The van der Waals surface area contributed by atoms with Crippen LogP contribution in [0.15, 0.2) is 42.6 Å². The number of benzene rings is 1. The number of nitrogens with one attached hydrogen (secondary N) is 2. The molecule has 0 saturated carbocycles. The van der Waals surface area contributed by atoms with Crippen LogP contribution in [0.25, 0.3) is 0 Å². The minimum absolute atomic E-state index is 0.181. The van der Waals surface area contributed by atoms with Crippen molar-refractivity contribution in [2.24, 2.45) is 5.92 Å². The van der Waals surface area contributed by atoms with Crippen molar-refractivity contribution in [3.05, 3.63) is 53.9 Å². The summed E-state index contributed by atoms with van der Waals surface area (Å²) in [6.45, 7) is 4.86. The zero-order chi connectivity index (χ0) is 18.2. The number of rotatable bonds is 7. The highest BCUT2D eigenvalue weighted by Gasteiger charge is 2.08. The number of ether oxygens (including phenoxy) is 1. The molecular formula is C19H23N3O3. The summed E-state index contributed by atoms with van der Waals surface area (Å²) in [4.78, 5) is 27.7. The van der Waals surface area contributed by atoms with E-state index in [1.165, 1.54) is 7.11 Å². The van der Waals surface area contributed by atoms with E-state index in [0.717, 1.165) is 17.8 Å². The second-order valence-corrected chi connectivity index (χ2v) is 6.07. The summed E-state index contributed by atoms with van der Waals surface area (Å²) < 4.78 is 4.71. The smallest absolute Gasteiger partial charge is 0.337 e. The van der Waals surface area contributed by atoms with Crippen molar-refractivity contribution in [3.63, 3.8) is 0 Å². The lowest BCUT2D eigenvalue weighted by Crippen LogP contribution is -2.26. The fraction of sp³-hybridized carbons (Fsp3) is 0.316. The summed E-state index contributed by atoms with van der Waals surface area (Å²) in [5.41, 5.74) is 2.29. The van der Waals surface area contributed by atoms with Crippen LogP contribution >= 0.6 is 0 Å². The molecule has 25 heavy (non-hydrogen) atoms. The molecule has 0 atom stereocenters. The molecule has 1 aromatic carbocycles. The maximum absolute atomic E-state index is 12.0. The first-order chi connectivity index (χ1) is 12.0. The number of hydrogen-bond acceptors (Lipinski definition) is 5. The SMILES string of the molecule is COC(=O)c1cccc(Nc2ccc(C(=O)NCCC(C)C)nc2)c1. The Morgan fingerprint density at radius 3 is 2.60 bits per heavy atom. The van der Waals surface area contributed by atoms with Crippen LogP contribution in [0.3, 0.4) is 0 Å². The number of pyridine rings is 1. The molecule has 0 aliphatic heterocycles. The summed E-state index contributed by atoms with van der Waals surface area (Å²) in [7, 11) is 1.34. The van der Waals surface area contributed by atoms with Crippen LogP contribution in [0.2, 0.25) is 0 Å². The maximum Gasteiger partial charge on any atom is 0.337 e. The van der Waals surface area contributed by atoms with Crippen molar-refractivity contribution in [3.8, 4) is 0 Å². The lowest BCUT2D eigenvalue weighted by Gasteiger charge is -2.09. The van der Waals surface area contributed by atoms with Gasteiger partial charge in [0.05, 0.1) is 24.6 Å². The molecule has 1 aromatic heterocycles. The maximum atomic E-state index is 12.0. The fourth-order valence-corrected chi connectivity index (χ4v) is 2.18. The number of esters is 1. The van der Waals surface area contributed by atoms with E-state index >= 15 is 0 Å². The van der Waals surface area contributed by atoms with E-state index in [2.05, 4.69) is 29.5 Å². The molecule has 0 radical (unpaired) electrons. The highest BCUT2D eigenvalue weighted by atomic mass is 16.5.